The highest BCUT2D eigenvalue weighted by Crippen LogP contribution is 2.39. The fraction of sp³-hybridized carbons (Fsp3) is 0.360. The van der Waals surface area contributed by atoms with Crippen LogP contribution in [0.1, 0.15) is 24.0 Å². The Morgan fingerprint density at radius 2 is 1.71 bits per heavy atom. The van der Waals surface area contributed by atoms with Crippen LogP contribution >= 0.6 is 0 Å². The van der Waals surface area contributed by atoms with E-state index in [0.717, 1.165) is 31.5 Å². The number of hydrogen-bond donors (Lipinski definition) is 0. The lowest BCUT2D eigenvalue weighted by Gasteiger charge is -2.36. The third-order valence-corrected chi connectivity index (χ3v) is 6.28. The van der Waals surface area contributed by atoms with Crippen molar-refractivity contribution in [1.82, 2.24) is 9.80 Å². The first-order valence-corrected chi connectivity index (χ1v) is 10.7. The lowest BCUT2D eigenvalue weighted by atomic mass is 9.99. The zero-order valence-electron chi connectivity index (χ0n) is 18.6. The van der Waals surface area contributed by atoms with Crippen LogP contribution < -0.4 is 9.64 Å². The smallest absolute Gasteiger partial charge is 0.282 e. The molecule has 0 radical (unpaired) electrons. The molecule has 6 heteroatoms. The highest BCUT2D eigenvalue weighted by Gasteiger charge is 2.44. The van der Waals surface area contributed by atoms with Crippen LogP contribution in [-0.2, 0) is 9.59 Å². The maximum atomic E-state index is 13.7. The molecule has 0 unspecified atom stereocenters. The third-order valence-electron chi connectivity index (χ3n) is 6.28. The zero-order valence-corrected chi connectivity index (χ0v) is 18.6. The van der Waals surface area contributed by atoms with Crippen molar-refractivity contribution in [1.29, 1.82) is 0 Å². The predicted octanol–water partition coefficient (Wildman–Crippen LogP) is 3.31. The fourth-order valence-electron chi connectivity index (χ4n) is 4.51. The van der Waals surface area contributed by atoms with Gasteiger partial charge in [-0.05, 0) is 63.7 Å². The van der Waals surface area contributed by atoms with Crippen molar-refractivity contribution in [3.8, 4) is 5.75 Å². The van der Waals surface area contributed by atoms with Crippen LogP contribution in [0.4, 0.5) is 5.69 Å². The van der Waals surface area contributed by atoms with E-state index in [1.807, 2.05) is 61.3 Å². The summed E-state index contributed by atoms with van der Waals surface area (Å²) < 4.78 is 5.55. The average molecular weight is 420 g/mol. The van der Waals surface area contributed by atoms with Gasteiger partial charge >= 0.3 is 0 Å². The first kappa shape index (κ1) is 21.1. The Labute approximate surface area is 183 Å². The Bertz CT molecular complexity index is 1040. The summed E-state index contributed by atoms with van der Waals surface area (Å²) >= 11 is 0. The van der Waals surface area contributed by atoms with E-state index in [1.165, 1.54) is 4.90 Å². The molecule has 2 heterocycles. The maximum absolute atomic E-state index is 13.7. The van der Waals surface area contributed by atoms with Gasteiger partial charge in [-0.3, -0.25) is 9.59 Å². The number of carbonyl (C=O) groups excluding carboxylic acids is 2. The van der Waals surface area contributed by atoms with Gasteiger partial charge in [-0.1, -0.05) is 30.3 Å². The molecular formula is C25H29N3O3. The summed E-state index contributed by atoms with van der Waals surface area (Å²) in [5.74, 6) is -0.00756. The quantitative estimate of drug-likeness (QED) is 0.696. The number of likely N-dealkylation sites (N-methyl/N-ethyl adjacent to an activating group) is 1. The molecule has 162 valence electrons. The standard InChI is InChI=1S/C25H29N3O3/c1-17-8-7-9-19(16-17)28-24(29)22(20-10-5-6-11-21(20)31-4)23(25(28)30)27(3)18-12-14-26(2)15-13-18/h5-11,16,18H,12-15H2,1-4H3. The minimum absolute atomic E-state index is 0.199. The number of ether oxygens (including phenoxy) is 1. The molecule has 2 aromatic rings. The number of carbonyl (C=O) groups is 2. The number of benzene rings is 2. The van der Waals surface area contributed by atoms with E-state index >= 15 is 0 Å². The Morgan fingerprint density at radius 1 is 1.00 bits per heavy atom. The molecule has 2 amide bonds. The Morgan fingerprint density at radius 3 is 2.39 bits per heavy atom. The predicted molar refractivity (Wildman–Crippen MR) is 122 cm³/mol. The number of anilines is 1. The highest BCUT2D eigenvalue weighted by atomic mass is 16.5. The van der Waals surface area contributed by atoms with Crippen molar-refractivity contribution in [2.24, 2.45) is 0 Å². The first-order valence-electron chi connectivity index (χ1n) is 10.7. The third kappa shape index (κ3) is 3.83. The molecule has 4 rings (SSSR count). The van der Waals surface area contributed by atoms with E-state index in [2.05, 4.69) is 11.9 Å². The van der Waals surface area contributed by atoms with E-state index in [9.17, 15) is 9.59 Å². The molecule has 0 atom stereocenters. The topological polar surface area (TPSA) is 53.1 Å². The highest BCUT2D eigenvalue weighted by molar-refractivity contribution is 6.45. The van der Waals surface area contributed by atoms with Crippen molar-refractivity contribution in [3.05, 3.63) is 65.4 Å². The molecule has 0 N–H and O–H groups in total. The van der Waals surface area contributed by atoms with Gasteiger partial charge in [-0.25, -0.2) is 4.90 Å². The van der Waals surface area contributed by atoms with Gasteiger partial charge in [0.2, 0.25) is 0 Å². The largest absolute Gasteiger partial charge is 0.496 e. The van der Waals surface area contributed by atoms with E-state index < -0.39 is 0 Å². The van der Waals surface area contributed by atoms with E-state index in [4.69, 9.17) is 4.74 Å². The number of imide groups is 1. The van der Waals surface area contributed by atoms with Crippen LogP contribution in [0.2, 0.25) is 0 Å². The number of piperidine rings is 1. The number of nitrogens with zero attached hydrogens (tertiary/aromatic N) is 3. The molecule has 0 aromatic heterocycles. The number of rotatable bonds is 5. The van der Waals surface area contributed by atoms with Crippen LogP contribution in [0.5, 0.6) is 5.75 Å². The van der Waals surface area contributed by atoms with Crippen LogP contribution in [0.25, 0.3) is 5.57 Å². The summed E-state index contributed by atoms with van der Waals surface area (Å²) in [7, 11) is 5.63. The van der Waals surface area contributed by atoms with Crippen LogP contribution in [-0.4, -0.2) is 62.0 Å². The normalized spacial score (nSPS) is 18.1. The summed E-state index contributed by atoms with van der Waals surface area (Å²) in [6, 6.07) is 15.1. The van der Waals surface area contributed by atoms with Gasteiger partial charge in [-0.2, -0.15) is 0 Å². The number of para-hydroxylation sites is 1. The second-order valence-corrected chi connectivity index (χ2v) is 8.35. The molecular weight excluding hydrogens is 390 g/mol. The molecule has 2 aliphatic rings. The summed E-state index contributed by atoms with van der Waals surface area (Å²) in [6.07, 6.45) is 1.89. The van der Waals surface area contributed by atoms with Crippen LogP contribution in [0.15, 0.2) is 54.2 Å². The number of likely N-dealkylation sites (tertiary alicyclic amines) is 1. The van der Waals surface area contributed by atoms with Crippen molar-refractivity contribution in [2.45, 2.75) is 25.8 Å². The Kier molecular flexibility index (Phi) is 5.83. The SMILES string of the molecule is COc1ccccc1C1=C(N(C)C2CCN(C)CC2)C(=O)N(c2cccc(C)c2)C1=O. The Hall–Kier alpha value is -3.12. The molecule has 0 saturated carbocycles. The molecule has 1 fully saturated rings. The van der Waals surface area contributed by atoms with Gasteiger partial charge in [-0.15, -0.1) is 0 Å². The molecule has 0 bridgehead atoms. The van der Waals surface area contributed by atoms with E-state index in [1.54, 1.807) is 13.2 Å². The Balaban J connectivity index is 1.83. The maximum Gasteiger partial charge on any atom is 0.282 e. The van der Waals surface area contributed by atoms with Gasteiger partial charge in [0.25, 0.3) is 11.8 Å². The number of aryl methyl sites for hydroxylation is 1. The second-order valence-electron chi connectivity index (χ2n) is 8.35. The summed E-state index contributed by atoms with van der Waals surface area (Å²) in [6.45, 7) is 3.89. The number of amides is 2. The minimum Gasteiger partial charge on any atom is -0.496 e. The van der Waals surface area contributed by atoms with Crippen molar-refractivity contribution in [2.75, 3.05) is 39.2 Å². The first-order chi connectivity index (χ1) is 14.9. The molecule has 1 saturated heterocycles. The fourth-order valence-corrected chi connectivity index (χ4v) is 4.51. The zero-order chi connectivity index (χ0) is 22.1. The monoisotopic (exact) mass is 419 g/mol. The van der Waals surface area contributed by atoms with Gasteiger partial charge < -0.3 is 14.5 Å². The summed E-state index contributed by atoms with van der Waals surface area (Å²) in [5, 5.41) is 0. The molecule has 31 heavy (non-hydrogen) atoms. The number of hydrogen-bond acceptors (Lipinski definition) is 5. The lowest BCUT2D eigenvalue weighted by Crippen LogP contribution is -2.43. The van der Waals surface area contributed by atoms with E-state index in [0.29, 0.717) is 28.3 Å². The molecule has 2 aliphatic heterocycles. The number of methoxy groups -OCH3 is 1. The average Bonchev–Trinajstić information content (AvgIpc) is 3.03. The van der Waals surface area contributed by atoms with Gasteiger partial charge in [0.05, 0.1) is 18.4 Å². The minimum atomic E-state index is -0.310. The lowest BCUT2D eigenvalue weighted by molar-refractivity contribution is -0.120. The van der Waals surface area contributed by atoms with Gasteiger partial charge in [0.15, 0.2) is 0 Å². The van der Waals surface area contributed by atoms with E-state index in [-0.39, 0.29) is 17.9 Å². The molecule has 0 spiro atoms. The summed E-state index contributed by atoms with van der Waals surface area (Å²) in [4.78, 5) is 33.0. The second kappa shape index (κ2) is 8.55. The van der Waals surface area contributed by atoms with Crippen molar-refractivity contribution in [3.63, 3.8) is 0 Å². The van der Waals surface area contributed by atoms with Gasteiger partial charge in [0, 0.05) is 18.7 Å². The van der Waals surface area contributed by atoms with Crippen LogP contribution in [0, 0.1) is 6.92 Å². The molecule has 0 aliphatic carbocycles. The van der Waals surface area contributed by atoms with Crippen molar-refractivity contribution < 1.29 is 14.3 Å². The van der Waals surface area contributed by atoms with Crippen molar-refractivity contribution >= 4 is 23.1 Å². The molecule has 2 aromatic carbocycles. The van der Waals surface area contributed by atoms with Gasteiger partial charge in [0.1, 0.15) is 11.4 Å². The van der Waals surface area contributed by atoms with Crippen LogP contribution in [0.3, 0.4) is 0 Å². The molecule has 6 nitrogen and oxygen atoms in total. The summed E-state index contributed by atoms with van der Waals surface area (Å²) in [5.41, 5.74) is 3.09.